The topological polar surface area (TPSA) is 98.8 Å². The zero-order chi connectivity index (χ0) is 22.4. The Morgan fingerprint density at radius 1 is 1.16 bits per heavy atom. The van der Waals surface area contributed by atoms with Gasteiger partial charge >= 0.3 is 5.97 Å². The van der Waals surface area contributed by atoms with E-state index in [1.165, 1.54) is 18.7 Å². The van der Waals surface area contributed by atoms with E-state index < -0.39 is 27.8 Å². The fourth-order valence-electron chi connectivity index (χ4n) is 3.09. The smallest absolute Gasteiger partial charge is 0.340 e. The average Bonchev–Trinajstić information content (AvgIpc) is 3.08. The first-order valence-electron chi connectivity index (χ1n) is 9.98. The highest BCUT2D eigenvalue weighted by molar-refractivity contribution is 8.02. The number of hydrogen-bond acceptors (Lipinski definition) is 7. The molecule has 9 heteroatoms. The summed E-state index contributed by atoms with van der Waals surface area (Å²) in [6.45, 7) is 3.94. The Kier molecular flexibility index (Phi) is 7.61. The Morgan fingerprint density at radius 3 is 2.52 bits per heavy atom. The van der Waals surface area contributed by atoms with Crippen molar-refractivity contribution >= 4 is 39.2 Å². The molecule has 1 aliphatic rings. The standard InChI is InChI=1S/C22H25NO6S2/c1-3-28-17-10-8-16(9-11-17)23-21(24)15(2)29-22(25)19-6-4-5-7-20(19)30-18-12-13-31(26,27)14-18/h4-11,15,18H,3,12-14H2,1-2H3,(H,23,24)/t15-,18-/m1/s1. The van der Waals surface area contributed by atoms with Crippen molar-refractivity contribution in [2.75, 3.05) is 23.4 Å². The molecule has 0 bridgehead atoms. The second-order valence-electron chi connectivity index (χ2n) is 7.13. The van der Waals surface area contributed by atoms with Crippen LogP contribution in [0.2, 0.25) is 0 Å². The first-order valence-corrected chi connectivity index (χ1v) is 12.7. The number of rotatable bonds is 8. The zero-order valence-electron chi connectivity index (χ0n) is 17.4. The van der Waals surface area contributed by atoms with Crippen molar-refractivity contribution in [1.29, 1.82) is 0 Å². The van der Waals surface area contributed by atoms with Crippen LogP contribution in [0.5, 0.6) is 5.75 Å². The fraction of sp³-hybridized carbons (Fsp3) is 0.364. The van der Waals surface area contributed by atoms with E-state index in [2.05, 4.69) is 5.32 Å². The maximum atomic E-state index is 12.7. The van der Waals surface area contributed by atoms with Crippen LogP contribution in [0.4, 0.5) is 5.69 Å². The number of benzene rings is 2. The van der Waals surface area contributed by atoms with Crippen LogP contribution in [-0.4, -0.2) is 49.8 Å². The first-order chi connectivity index (χ1) is 14.8. The molecule has 3 rings (SSSR count). The lowest BCUT2D eigenvalue weighted by Gasteiger charge is -2.16. The summed E-state index contributed by atoms with van der Waals surface area (Å²) >= 11 is 1.36. The number of carbonyl (C=O) groups is 2. The Morgan fingerprint density at radius 2 is 1.87 bits per heavy atom. The van der Waals surface area contributed by atoms with Gasteiger partial charge in [0.2, 0.25) is 0 Å². The molecule has 1 amide bonds. The number of carbonyl (C=O) groups excluding carboxylic acids is 2. The van der Waals surface area contributed by atoms with E-state index in [1.807, 2.05) is 6.92 Å². The van der Waals surface area contributed by atoms with Gasteiger partial charge in [0.1, 0.15) is 5.75 Å². The van der Waals surface area contributed by atoms with Gasteiger partial charge in [0.05, 0.1) is 23.7 Å². The highest BCUT2D eigenvalue weighted by Crippen LogP contribution is 2.33. The van der Waals surface area contributed by atoms with E-state index in [1.54, 1.807) is 48.5 Å². The third kappa shape index (κ3) is 6.48. The molecule has 1 heterocycles. The van der Waals surface area contributed by atoms with Crippen LogP contribution in [0, 0.1) is 0 Å². The van der Waals surface area contributed by atoms with Crippen molar-refractivity contribution in [2.24, 2.45) is 0 Å². The molecule has 7 nitrogen and oxygen atoms in total. The van der Waals surface area contributed by atoms with Gasteiger partial charge in [-0.3, -0.25) is 4.79 Å². The van der Waals surface area contributed by atoms with E-state index in [9.17, 15) is 18.0 Å². The summed E-state index contributed by atoms with van der Waals surface area (Å²) in [5.41, 5.74) is 0.882. The molecule has 1 aliphatic heterocycles. The van der Waals surface area contributed by atoms with Crippen LogP contribution >= 0.6 is 11.8 Å². The molecule has 2 aromatic carbocycles. The molecule has 2 atom stereocenters. The minimum absolute atomic E-state index is 0.0978. The van der Waals surface area contributed by atoms with Crippen molar-refractivity contribution in [3.63, 3.8) is 0 Å². The quantitative estimate of drug-likeness (QED) is 0.598. The van der Waals surface area contributed by atoms with Gasteiger partial charge < -0.3 is 14.8 Å². The Hall–Kier alpha value is -2.52. The molecule has 0 spiro atoms. The monoisotopic (exact) mass is 463 g/mol. The molecule has 0 radical (unpaired) electrons. The minimum atomic E-state index is -3.01. The van der Waals surface area contributed by atoms with E-state index in [0.717, 1.165) is 0 Å². The van der Waals surface area contributed by atoms with Gasteiger partial charge in [0.25, 0.3) is 5.91 Å². The molecule has 1 N–H and O–H groups in total. The Bertz CT molecular complexity index is 1040. The molecule has 0 aromatic heterocycles. The Balaban J connectivity index is 1.61. The molecule has 31 heavy (non-hydrogen) atoms. The van der Waals surface area contributed by atoms with Crippen LogP contribution in [0.15, 0.2) is 53.4 Å². The number of sulfone groups is 1. The molecular formula is C22H25NO6S2. The van der Waals surface area contributed by atoms with E-state index >= 15 is 0 Å². The average molecular weight is 464 g/mol. The lowest BCUT2D eigenvalue weighted by molar-refractivity contribution is -0.123. The van der Waals surface area contributed by atoms with E-state index in [4.69, 9.17) is 9.47 Å². The number of hydrogen-bond donors (Lipinski definition) is 1. The third-order valence-corrected chi connectivity index (χ3v) is 8.00. The second-order valence-corrected chi connectivity index (χ2v) is 10.7. The predicted octanol–water partition coefficient (Wildman–Crippen LogP) is 3.55. The largest absolute Gasteiger partial charge is 0.494 e. The van der Waals surface area contributed by atoms with Crippen molar-refractivity contribution in [3.05, 3.63) is 54.1 Å². The summed E-state index contributed by atoms with van der Waals surface area (Å²) < 4.78 is 34.2. The van der Waals surface area contributed by atoms with Crippen molar-refractivity contribution in [2.45, 2.75) is 36.5 Å². The molecule has 1 saturated heterocycles. The van der Waals surface area contributed by atoms with Gasteiger partial charge in [0.15, 0.2) is 15.9 Å². The van der Waals surface area contributed by atoms with Crippen molar-refractivity contribution in [3.8, 4) is 5.75 Å². The molecule has 0 saturated carbocycles. The van der Waals surface area contributed by atoms with Gasteiger partial charge in [0, 0.05) is 15.8 Å². The van der Waals surface area contributed by atoms with Gasteiger partial charge in [-0.15, -0.1) is 11.8 Å². The zero-order valence-corrected chi connectivity index (χ0v) is 19.0. The van der Waals surface area contributed by atoms with Crippen LogP contribution in [0.25, 0.3) is 0 Å². The molecule has 166 valence electrons. The Labute approximate surface area is 186 Å². The van der Waals surface area contributed by atoms with Crippen LogP contribution in [-0.2, 0) is 19.4 Å². The van der Waals surface area contributed by atoms with Crippen LogP contribution < -0.4 is 10.1 Å². The summed E-state index contributed by atoms with van der Waals surface area (Å²) in [7, 11) is -3.01. The number of amides is 1. The highest BCUT2D eigenvalue weighted by Gasteiger charge is 2.30. The van der Waals surface area contributed by atoms with Gasteiger partial charge in [-0.25, -0.2) is 13.2 Å². The van der Waals surface area contributed by atoms with Crippen molar-refractivity contribution < 1.29 is 27.5 Å². The van der Waals surface area contributed by atoms with Gasteiger partial charge in [-0.2, -0.15) is 0 Å². The maximum Gasteiger partial charge on any atom is 0.340 e. The molecule has 1 fully saturated rings. The molecule has 0 aliphatic carbocycles. The SMILES string of the molecule is CCOc1ccc(NC(=O)[C@@H](C)OC(=O)c2ccccc2S[C@@H]2CCS(=O)(=O)C2)cc1. The number of esters is 1. The summed E-state index contributed by atoms with van der Waals surface area (Å²) in [6.07, 6.45) is -0.457. The third-order valence-electron chi connectivity index (χ3n) is 4.68. The number of ether oxygens (including phenoxy) is 2. The summed E-state index contributed by atoms with van der Waals surface area (Å²) in [5.74, 6) is -0.117. The molecular weight excluding hydrogens is 438 g/mol. The summed E-state index contributed by atoms with van der Waals surface area (Å²) in [6, 6.07) is 13.8. The minimum Gasteiger partial charge on any atom is -0.494 e. The summed E-state index contributed by atoms with van der Waals surface area (Å²) in [4.78, 5) is 25.8. The highest BCUT2D eigenvalue weighted by atomic mass is 32.2. The van der Waals surface area contributed by atoms with Crippen LogP contribution in [0.1, 0.15) is 30.6 Å². The molecule has 2 aromatic rings. The van der Waals surface area contributed by atoms with Gasteiger partial charge in [-0.1, -0.05) is 12.1 Å². The van der Waals surface area contributed by atoms with E-state index in [-0.39, 0.29) is 16.8 Å². The summed E-state index contributed by atoms with van der Waals surface area (Å²) in [5, 5.41) is 2.61. The molecule has 0 unspecified atom stereocenters. The normalized spacial score (nSPS) is 18.2. The van der Waals surface area contributed by atoms with Crippen LogP contribution in [0.3, 0.4) is 0 Å². The number of nitrogens with one attached hydrogen (secondary N) is 1. The maximum absolute atomic E-state index is 12.7. The predicted molar refractivity (Wildman–Crippen MR) is 120 cm³/mol. The van der Waals surface area contributed by atoms with Crippen molar-refractivity contribution in [1.82, 2.24) is 0 Å². The first kappa shape index (κ1) is 23.1. The lowest BCUT2D eigenvalue weighted by Crippen LogP contribution is -2.30. The van der Waals surface area contributed by atoms with Gasteiger partial charge in [-0.05, 0) is 56.7 Å². The second kappa shape index (κ2) is 10.2. The van der Waals surface area contributed by atoms with E-state index in [0.29, 0.717) is 34.9 Å². The fourth-order valence-corrected chi connectivity index (χ4v) is 6.71. The number of thioether (sulfide) groups is 1. The lowest BCUT2D eigenvalue weighted by atomic mass is 10.2. The number of anilines is 1.